The molecule has 0 spiro atoms. The number of hydrazine groups is 1. The number of hydrogen-bond acceptors (Lipinski definition) is 5. The molecule has 2 amide bonds. The first-order chi connectivity index (χ1) is 12.9. The number of amides is 2. The Kier molecular flexibility index (Phi) is 6.99. The van der Waals surface area contributed by atoms with Crippen LogP contribution in [0.3, 0.4) is 0 Å². The number of nitrogens with one attached hydrogen (secondary N) is 2. The summed E-state index contributed by atoms with van der Waals surface area (Å²) in [6, 6.07) is 10.8. The van der Waals surface area contributed by atoms with Crippen molar-refractivity contribution in [1.29, 1.82) is 0 Å². The topological polar surface area (TPSA) is 85.9 Å². The fourth-order valence-corrected chi connectivity index (χ4v) is 2.23. The maximum absolute atomic E-state index is 13.5. The van der Waals surface area contributed by atoms with Gasteiger partial charge in [0.05, 0.1) is 20.6 Å². The number of halogens is 1. The van der Waals surface area contributed by atoms with Crippen LogP contribution >= 0.6 is 0 Å². The summed E-state index contributed by atoms with van der Waals surface area (Å²) in [5, 5.41) is 0. The molecule has 0 bridgehead atoms. The number of para-hydroxylation sites is 1. The lowest BCUT2D eigenvalue weighted by atomic mass is 10.1. The summed E-state index contributed by atoms with van der Waals surface area (Å²) < 4.78 is 29.1. The Hall–Kier alpha value is -3.29. The first kappa shape index (κ1) is 20.0. The van der Waals surface area contributed by atoms with Crippen molar-refractivity contribution >= 4 is 11.8 Å². The van der Waals surface area contributed by atoms with Crippen molar-refractivity contribution in [2.75, 3.05) is 14.2 Å². The molecule has 0 fully saturated rings. The van der Waals surface area contributed by atoms with Crippen LogP contribution in [-0.2, 0) is 16.0 Å². The van der Waals surface area contributed by atoms with Gasteiger partial charge in [-0.15, -0.1) is 0 Å². The minimum atomic E-state index is -1.00. The zero-order valence-corrected chi connectivity index (χ0v) is 15.2. The third-order valence-corrected chi connectivity index (χ3v) is 3.68. The molecule has 2 aromatic carbocycles. The molecule has 2 aromatic rings. The molecule has 2 N–H and O–H groups in total. The minimum Gasteiger partial charge on any atom is -0.497 e. The molecule has 1 atom stereocenters. The Morgan fingerprint density at radius 1 is 1.04 bits per heavy atom. The quantitative estimate of drug-likeness (QED) is 0.722. The second-order valence-electron chi connectivity index (χ2n) is 5.58. The maximum atomic E-state index is 13.5. The average molecular weight is 376 g/mol. The Balaban J connectivity index is 1.88. The number of methoxy groups -OCH3 is 2. The molecular weight excluding hydrogens is 355 g/mol. The van der Waals surface area contributed by atoms with Crippen molar-refractivity contribution in [3.05, 3.63) is 53.8 Å². The molecule has 0 aromatic heterocycles. The molecule has 0 unspecified atom stereocenters. The van der Waals surface area contributed by atoms with Crippen molar-refractivity contribution in [3.63, 3.8) is 0 Å². The van der Waals surface area contributed by atoms with Crippen LogP contribution in [0.2, 0.25) is 0 Å². The van der Waals surface area contributed by atoms with E-state index in [9.17, 15) is 14.0 Å². The Morgan fingerprint density at radius 3 is 2.44 bits per heavy atom. The number of hydrogen-bond donors (Lipinski definition) is 2. The van der Waals surface area contributed by atoms with Crippen molar-refractivity contribution in [2.45, 2.75) is 19.4 Å². The van der Waals surface area contributed by atoms with E-state index in [1.165, 1.54) is 39.3 Å². The molecule has 0 radical (unpaired) electrons. The van der Waals surface area contributed by atoms with Gasteiger partial charge in [0, 0.05) is 11.6 Å². The number of benzene rings is 2. The molecule has 0 saturated heterocycles. The Bertz CT molecular complexity index is 812. The summed E-state index contributed by atoms with van der Waals surface area (Å²) >= 11 is 0. The van der Waals surface area contributed by atoms with E-state index in [4.69, 9.17) is 14.2 Å². The van der Waals surface area contributed by atoms with Gasteiger partial charge >= 0.3 is 0 Å². The van der Waals surface area contributed by atoms with Gasteiger partial charge in [0.15, 0.2) is 17.7 Å². The lowest BCUT2D eigenvalue weighted by Gasteiger charge is -2.16. The maximum Gasteiger partial charge on any atom is 0.279 e. The fraction of sp³-hybridized carbons (Fsp3) is 0.263. The lowest BCUT2D eigenvalue weighted by Crippen LogP contribution is -2.47. The standard InChI is InChI=1S/C19H21FN2O5/c1-12(27-16-7-5-4-6-15(16)20)19(24)22-21-18(23)10-13-8-9-14(25-2)11-17(13)26-3/h4-9,11-12H,10H2,1-3H3,(H,21,23)(H,22,24)/t12-/m1/s1. The first-order valence-corrected chi connectivity index (χ1v) is 8.15. The molecule has 0 heterocycles. The molecule has 2 rings (SSSR count). The molecule has 144 valence electrons. The first-order valence-electron chi connectivity index (χ1n) is 8.15. The van der Waals surface area contributed by atoms with Gasteiger partial charge < -0.3 is 14.2 Å². The van der Waals surface area contributed by atoms with Crippen LogP contribution in [-0.4, -0.2) is 32.1 Å². The summed E-state index contributed by atoms with van der Waals surface area (Å²) in [6.07, 6.45) is -1.02. The van der Waals surface area contributed by atoms with E-state index in [1.54, 1.807) is 24.3 Å². The predicted octanol–water partition coefficient (Wildman–Crippen LogP) is 2.00. The number of carbonyl (C=O) groups excluding carboxylic acids is 2. The molecular formula is C19H21FN2O5. The van der Waals surface area contributed by atoms with Gasteiger partial charge in [0.2, 0.25) is 5.91 Å². The summed E-state index contributed by atoms with van der Waals surface area (Å²) in [4.78, 5) is 24.1. The lowest BCUT2D eigenvalue weighted by molar-refractivity contribution is -0.132. The highest BCUT2D eigenvalue weighted by Crippen LogP contribution is 2.24. The van der Waals surface area contributed by atoms with E-state index >= 15 is 0 Å². The fourth-order valence-electron chi connectivity index (χ4n) is 2.23. The van der Waals surface area contributed by atoms with Crippen LogP contribution in [0, 0.1) is 5.82 Å². The third kappa shape index (κ3) is 5.60. The second-order valence-corrected chi connectivity index (χ2v) is 5.58. The summed E-state index contributed by atoms with van der Waals surface area (Å²) in [5.74, 6) is -0.601. The zero-order valence-electron chi connectivity index (χ0n) is 15.2. The van der Waals surface area contributed by atoms with E-state index < -0.39 is 23.7 Å². The van der Waals surface area contributed by atoms with Crippen molar-refractivity contribution < 1.29 is 28.2 Å². The number of carbonyl (C=O) groups is 2. The molecule has 0 aliphatic heterocycles. The summed E-state index contributed by atoms with van der Waals surface area (Å²) in [7, 11) is 3.01. The van der Waals surface area contributed by atoms with Crippen molar-refractivity contribution in [1.82, 2.24) is 10.9 Å². The van der Waals surface area contributed by atoms with Crippen LogP contribution < -0.4 is 25.1 Å². The smallest absolute Gasteiger partial charge is 0.279 e. The molecule has 0 aliphatic carbocycles. The molecule has 27 heavy (non-hydrogen) atoms. The molecule has 8 heteroatoms. The van der Waals surface area contributed by atoms with Gasteiger partial charge in [-0.05, 0) is 25.1 Å². The van der Waals surface area contributed by atoms with Gasteiger partial charge in [-0.3, -0.25) is 20.4 Å². The Morgan fingerprint density at radius 2 is 1.78 bits per heavy atom. The molecule has 0 aliphatic rings. The summed E-state index contributed by atoms with van der Waals surface area (Å²) in [6.45, 7) is 1.44. The number of rotatable bonds is 7. The largest absolute Gasteiger partial charge is 0.497 e. The van der Waals surface area contributed by atoms with Gasteiger partial charge in [0.1, 0.15) is 11.5 Å². The highest BCUT2D eigenvalue weighted by Gasteiger charge is 2.17. The molecule has 0 saturated carbocycles. The van der Waals surface area contributed by atoms with Crippen LogP contribution in [0.1, 0.15) is 12.5 Å². The Labute approximate surface area is 156 Å². The summed E-state index contributed by atoms with van der Waals surface area (Å²) in [5.41, 5.74) is 5.17. The average Bonchev–Trinajstić information content (AvgIpc) is 2.68. The monoisotopic (exact) mass is 376 g/mol. The predicted molar refractivity (Wildman–Crippen MR) is 96.0 cm³/mol. The number of ether oxygens (including phenoxy) is 3. The van der Waals surface area contributed by atoms with Crippen molar-refractivity contribution in [2.24, 2.45) is 0 Å². The van der Waals surface area contributed by atoms with E-state index in [-0.39, 0.29) is 12.2 Å². The van der Waals surface area contributed by atoms with Gasteiger partial charge in [-0.2, -0.15) is 0 Å². The van der Waals surface area contributed by atoms with E-state index in [2.05, 4.69) is 10.9 Å². The van der Waals surface area contributed by atoms with Crippen LogP contribution in [0.25, 0.3) is 0 Å². The van der Waals surface area contributed by atoms with Gasteiger partial charge in [-0.25, -0.2) is 4.39 Å². The second kappa shape index (κ2) is 9.42. The van der Waals surface area contributed by atoms with Gasteiger partial charge in [-0.1, -0.05) is 18.2 Å². The highest BCUT2D eigenvalue weighted by molar-refractivity contribution is 5.85. The van der Waals surface area contributed by atoms with E-state index in [1.807, 2.05) is 0 Å². The SMILES string of the molecule is COc1ccc(CC(=O)NNC(=O)[C@@H](C)Oc2ccccc2F)c(OC)c1. The third-order valence-electron chi connectivity index (χ3n) is 3.68. The van der Waals surface area contributed by atoms with E-state index in [0.717, 1.165) is 0 Å². The zero-order chi connectivity index (χ0) is 19.8. The van der Waals surface area contributed by atoms with E-state index in [0.29, 0.717) is 17.1 Å². The normalized spacial score (nSPS) is 11.3. The molecule has 7 nitrogen and oxygen atoms in total. The van der Waals surface area contributed by atoms with Crippen LogP contribution in [0.4, 0.5) is 4.39 Å². The van der Waals surface area contributed by atoms with Crippen LogP contribution in [0.15, 0.2) is 42.5 Å². The minimum absolute atomic E-state index is 0.0179. The van der Waals surface area contributed by atoms with Crippen molar-refractivity contribution in [3.8, 4) is 17.2 Å². The van der Waals surface area contributed by atoms with Gasteiger partial charge in [0.25, 0.3) is 5.91 Å². The highest BCUT2D eigenvalue weighted by atomic mass is 19.1. The van der Waals surface area contributed by atoms with Crippen LogP contribution in [0.5, 0.6) is 17.2 Å².